The van der Waals surface area contributed by atoms with E-state index < -0.39 is 34.0 Å². The molecular weight excluding hydrogens is 546 g/mol. The molecule has 2 atom stereocenters. The van der Waals surface area contributed by atoms with Crippen LogP contribution in [0.1, 0.15) is 34.7 Å². The van der Waals surface area contributed by atoms with Crippen molar-refractivity contribution in [2.75, 3.05) is 11.9 Å². The molecule has 0 aliphatic heterocycles. The zero-order valence-corrected chi connectivity index (χ0v) is 21.2. The SMILES string of the molecule is O=C(NCC1CC1)NNC(=O)c1cc(NC(=O)[C@H]2[C@H](c3cc(Cl)cc(Cl)c3)C2(Cl)Cl)ccc1Cl. The molecule has 2 aromatic carbocycles. The highest BCUT2D eigenvalue weighted by Gasteiger charge is 2.67. The lowest BCUT2D eigenvalue weighted by atomic mass is 10.1. The van der Waals surface area contributed by atoms with Crippen LogP contribution in [-0.2, 0) is 4.79 Å². The topological polar surface area (TPSA) is 99.3 Å². The number of carbonyl (C=O) groups is 3. The van der Waals surface area contributed by atoms with Gasteiger partial charge in [-0.05, 0) is 60.7 Å². The third kappa shape index (κ3) is 5.83. The van der Waals surface area contributed by atoms with Gasteiger partial charge in [0, 0.05) is 28.2 Å². The summed E-state index contributed by atoms with van der Waals surface area (Å²) in [6.07, 6.45) is 2.17. The second kappa shape index (κ2) is 9.99. The molecule has 7 nitrogen and oxygen atoms in total. The normalized spacial score (nSPS) is 20.3. The van der Waals surface area contributed by atoms with E-state index in [2.05, 4.69) is 21.5 Å². The van der Waals surface area contributed by atoms with Crippen LogP contribution in [0.3, 0.4) is 0 Å². The number of nitrogens with one attached hydrogen (secondary N) is 4. The molecule has 0 heterocycles. The summed E-state index contributed by atoms with van der Waals surface area (Å²) >= 11 is 31.0. The lowest BCUT2D eigenvalue weighted by Crippen LogP contribution is -2.47. The first-order valence-corrected chi connectivity index (χ1v) is 12.2. The average molecular weight is 565 g/mol. The Morgan fingerprint density at radius 1 is 0.941 bits per heavy atom. The van der Waals surface area contributed by atoms with Gasteiger partial charge in [0.2, 0.25) is 5.91 Å². The predicted octanol–water partition coefficient (Wildman–Crippen LogP) is 5.53. The molecule has 0 unspecified atom stereocenters. The summed E-state index contributed by atoms with van der Waals surface area (Å²) in [6, 6.07) is 8.73. The van der Waals surface area contributed by atoms with Gasteiger partial charge in [-0.2, -0.15) is 0 Å². The van der Waals surface area contributed by atoms with Gasteiger partial charge in [-0.1, -0.05) is 34.8 Å². The minimum Gasteiger partial charge on any atom is -0.336 e. The van der Waals surface area contributed by atoms with Crippen molar-refractivity contribution in [2.24, 2.45) is 11.8 Å². The summed E-state index contributed by atoms with van der Waals surface area (Å²) < 4.78 is -1.34. The van der Waals surface area contributed by atoms with Crippen LogP contribution in [-0.4, -0.2) is 28.7 Å². The molecule has 2 aromatic rings. The maximum atomic E-state index is 12.9. The number of alkyl halides is 2. The minimum atomic E-state index is -1.34. The van der Waals surface area contributed by atoms with Crippen molar-refractivity contribution in [1.82, 2.24) is 16.2 Å². The molecule has 34 heavy (non-hydrogen) atoms. The third-order valence-electron chi connectivity index (χ3n) is 5.60. The lowest BCUT2D eigenvalue weighted by molar-refractivity contribution is -0.117. The first kappa shape index (κ1) is 25.2. The highest BCUT2D eigenvalue weighted by atomic mass is 35.5. The number of anilines is 1. The summed E-state index contributed by atoms with van der Waals surface area (Å²) in [5.41, 5.74) is 5.56. The molecule has 0 spiro atoms. The smallest absolute Gasteiger partial charge is 0.333 e. The molecule has 0 aromatic heterocycles. The molecule has 180 valence electrons. The number of hydrogen-bond acceptors (Lipinski definition) is 3. The van der Waals surface area contributed by atoms with Crippen molar-refractivity contribution in [3.63, 3.8) is 0 Å². The van der Waals surface area contributed by atoms with E-state index in [4.69, 9.17) is 58.0 Å². The van der Waals surface area contributed by atoms with E-state index in [9.17, 15) is 14.4 Å². The molecule has 4 rings (SSSR count). The number of halogens is 5. The Balaban J connectivity index is 1.39. The van der Waals surface area contributed by atoms with Gasteiger partial charge in [0.25, 0.3) is 5.91 Å². The Morgan fingerprint density at radius 3 is 2.26 bits per heavy atom. The van der Waals surface area contributed by atoms with Crippen molar-refractivity contribution >= 4 is 81.5 Å². The fraction of sp³-hybridized carbons (Fsp3) is 0.318. The molecule has 2 saturated carbocycles. The van der Waals surface area contributed by atoms with Crippen molar-refractivity contribution < 1.29 is 14.4 Å². The van der Waals surface area contributed by atoms with Gasteiger partial charge in [-0.3, -0.25) is 15.0 Å². The van der Waals surface area contributed by atoms with E-state index in [-0.39, 0.29) is 10.6 Å². The second-order valence-corrected chi connectivity index (χ2v) is 11.0. The number of rotatable bonds is 6. The van der Waals surface area contributed by atoms with E-state index in [0.717, 1.165) is 12.8 Å². The van der Waals surface area contributed by atoms with Gasteiger partial charge < -0.3 is 10.6 Å². The second-order valence-electron chi connectivity index (χ2n) is 8.25. The first-order valence-electron chi connectivity index (χ1n) is 10.3. The molecule has 2 aliphatic rings. The third-order valence-corrected chi connectivity index (χ3v) is 7.30. The van der Waals surface area contributed by atoms with Crippen LogP contribution in [0.4, 0.5) is 10.5 Å². The van der Waals surface area contributed by atoms with E-state index >= 15 is 0 Å². The van der Waals surface area contributed by atoms with Crippen molar-refractivity contribution in [1.29, 1.82) is 0 Å². The number of carbonyl (C=O) groups excluding carboxylic acids is 3. The maximum absolute atomic E-state index is 12.9. The summed E-state index contributed by atoms with van der Waals surface area (Å²) in [7, 11) is 0. The summed E-state index contributed by atoms with van der Waals surface area (Å²) in [5.74, 6) is -1.88. The van der Waals surface area contributed by atoms with Crippen LogP contribution < -0.4 is 21.5 Å². The first-order chi connectivity index (χ1) is 16.1. The molecule has 12 heteroatoms. The molecule has 0 saturated heterocycles. The Morgan fingerprint density at radius 2 is 1.62 bits per heavy atom. The van der Waals surface area contributed by atoms with Gasteiger partial charge in [-0.15, -0.1) is 23.2 Å². The number of benzene rings is 2. The zero-order valence-electron chi connectivity index (χ0n) is 17.4. The largest absolute Gasteiger partial charge is 0.336 e. The number of amides is 4. The highest BCUT2D eigenvalue weighted by Crippen LogP contribution is 2.65. The number of hydrazine groups is 1. The molecule has 0 radical (unpaired) electrons. The highest BCUT2D eigenvalue weighted by molar-refractivity contribution is 6.53. The fourth-order valence-electron chi connectivity index (χ4n) is 3.60. The monoisotopic (exact) mass is 562 g/mol. The Bertz CT molecular complexity index is 1140. The van der Waals surface area contributed by atoms with Crippen molar-refractivity contribution in [3.05, 3.63) is 62.6 Å². The van der Waals surface area contributed by atoms with Crippen LogP contribution >= 0.6 is 58.0 Å². The van der Waals surface area contributed by atoms with Gasteiger partial charge >= 0.3 is 6.03 Å². The van der Waals surface area contributed by atoms with Gasteiger partial charge in [0.05, 0.1) is 16.5 Å². The average Bonchev–Trinajstić information content (AvgIpc) is 3.67. The Hall–Kier alpha value is -1.90. The van der Waals surface area contributed by atoms with Crippen LogP contribution in [0.15, 0.2) is 36.4 Å². The van der Waals surface area contributed by atoms with Gasteiger partial charge in [0.15, 0.2) is 0 Å². The summed E-state index contributed by atoms with van der Waals surface area (Å²) in [6.45, 7) is 0.552. The molecule has 4 N–H and O–H groups in total. The summed E-state index contributed by atoms with van der Waals surface area (Å²) in [5, 5.41) is 6.31. The fourth-order valence-corrected chi connectivity index (χ4v) is 5.18. The summed E-state index contributed by atoms with van der Waals surface area (Å²) in [4.78, 5) is 37.2. The predicted molar refractivity (Wildman–Crippen MR) is 134 cm³/mol. The zero-order chi connectivity index (χ0) is 24.6. The minimum absolute atomic E-state index is 0.0546. The quantitative estimate of drug-likeness (QED) is 0.274. The molecule has 2 fully saturated rings. The molecule has 2 aliphatic carbocycles. The number of hydrogen-bond donors (Lipinski definition) is 4. The molecule has 4 amide bonds. The van der Waals surface area contributed by atoms with Crippen molar-refractivity contribution in [2.45, 2.75) is 23.1 Å². The Labute approximate surface area is 220 Å². The van der Waals surface area contributed by atoms with E-state index in [1.54, 1.807) is 18.2 Å². The molecule has 0 bridgehead atoms. The van der Waals surface area contributed by atoms with Gasteiger partial charge in [0.1, 0.15) is 4.33 Å². The van der Waals surface area contributed by atoms with E-state index in [0.29, 0.717) is 33.8 Å². The standard InChI is InChI=1S/C22H19Cl5N4O3/c23-12-5-11(6-13(24)7-12)17-18(22(17,26)27)20(33)29-14-3-4-16(25)15(8-14)19(32)30-31-21(34)28-9-10-1-2-10/h3-8,10,17-18H,1-2,9H2,(H,29,33)(H,30,32)(H2,28,31,34)/t17-,18+/m0/s1. The van der Waals surface area contributed by atoms with Gasteiger partial charge in [-0.25, -0.2) is 10.2 Å². The maximum Gasteiger partial charge on any atom is 0.333 e. The van der Waals surface area contributed by atoms with Crippen molar-refractivity contribution in [3.8, 4) is 0 Å². The van der Waals surface area contributed by atoms with Crippen LogP contribution in [0.5, 0.6) is 0 Å². The van der Waals surface area contributed by atoms with E-state index in [1.807, 2.05) is 0 Å². The van der Waals surface area contributed by atoms with Crippen LogP contribution in [0, 0.1) is 11.8 Å². The van der Waals surface area contributed by atoms with Crippen LogP contribution in [0.2, 0.25) is 15.1 Å². The molecular formula is C22H19Cl5N4O3. The number of urea groups is 1. The lowest BCUT2D eigenvalue weighted by Gasteiger charge is -2.11. The van der Waals surface area contributed by atoms with E-state index in [1.165, 1.54) is 18.2 Å². The van der Waals surface area contributed by atoms with Crippen LogP contribution in [0.25, 0.3) is 0 Å². The Kier molecular flexibility index (Phi) is 7.41.